The Kier molecular flexibility index (Phi) is 3.78. The third-order valence-corrected chi connectivity index (χ3v) is 4.09. The van der Waals surface area contributed by atoms with Gasteiger partial charge in [-0.15, -0.1) is 0 Å². The molecule has 0 fully saturated rings. The summed E-state index contributed by atoms with van der Waals surface area (Å²) < 4.78 is 32.3. The van der Waals surface area contributed by atoms with Crippen molar-refractivity contribution in [3.63, 3.8) is 0 Å². The molecule has 0 aliphatic carbocycles. The molecule has 0 saturated carbocycles. The summed E-state index contributed by atoms with van der Waals surface area (Å²) in [5.41, 5.74) is 1.80. The number of aliphatic hydroxyl groups excluding tert-OH is 1. The Morgan fingerprint density at radius 3 is 2.28 bits per heavy atom. The molecule has 4 aromatic rings. The fourth-order valence-electron chi connectivity index (χ4n) is 2.93. The zero-order valence-electron chi connectivity index (χ0n) is 13.0. The summed E-state index contributed by atoms with van der Waals surface area (Å²) in [6.45, 7) is -0.362. The van der Waals surface area contributed by atoms with E-state index in [0.717, 1.165) is 34.5 Å². The minimum atomic E-state index is -0.720. The molecule has 0 bridgehead atoms. The number of halogens is 2. The maximum absolute atomic E-state index is 13.5. The van der Waals surface area contributed by atoms with Crippen molar-refractivity contribution in [2.24, 2.45) is 0 Å². The van der Waals surface area contributed by atoms with Gasteiger partial charge in [0.15, 0.2) is 5.76 Å². The molecule has 4 rings (SSSR count). The average Bonchev–Trinajstić information content (AvgIpc) is 3.04. The smallest absolute Gasteiger partial charge is 0.173 e. The Labute approximate surface area is 142 Å². The highest BCUT2D eigenvalue weighted by Gasteiger charge is 2.19. The number of aliphatic hydroxyl groups is 1. The molecule has 0 aliphatic heterocycles. The lowest BCUT2D eigenvalue weighted by Crippen LogP contribution is -1.90. The van der Waals surface area contributed by atoms with Crippen LogP contribution in [0.4, 0.5) is 8.78 Å². The van der Waals surface area contributed by atoms with Gasteiger partial charge in [-0.2, -0.15) is 0 Å². The van der Waals surface area contributed by atoms with Crippen molar-refractivity contribution in [1.29, 1.82) is 0 Å². The largest absolute Gasteiger partial charge is 0.391 e. The van der Waals surface area contributed by atoms with Crippen LogP contribution >= 0.6 is 0 Å². The Hall–Kier alpha value is -3.05. The van der Waals surface area contributed by atoms with E-state index in [1.165, 1.54) is 0 Å². The predicted molar refractivity (Wildman–Crippen MR) is 90.7 cm³/mol. The second kappa shape index (κ2) is 6.11. The second-order valence-corrected chi connectivity index (χ2v) is 5.72. The van der Waals surface area contributed by atoms with Crippen LogP contribution in [-0.4, -0.2) is 10.3 Å². The predicted octanol–water partition coefficient (Wildman–Crippen LogP) is 4.93. The molecule has 25 heavy (non-hydrogen) atoms. The Morgan fingerprint density at radius 2 is 1.56 bits per heavy atom. The summed E-state index contributed by atoms with van der Waals surface area (Å²) in [6.07, 6.45) is 0. The lowest BCUT2D eigenvalue weighted by molar-refractivity contribution is 0.281. The van der Waals surface area contributed by atoms with Crippen LogP contribution in [0.5, 0.6) is 0 Å². The lowest BCUT2D eigenvalue weighted by atomic mass is 10.0. The highest BCUT2D eigenvalue weighted by Crippen LogP contribution is 2.34. The number of hydrogen-bond acceptors (Lipinski definition) is 3. The molecule has 0 spiro atoms. The molecule has 0 saturated heterocycles. The molecular weight excluding hydrogens is 324 g/mol. The Bertz CT molecular complexity index is 1050. The number of nitrogens with zero attached hydrogens (tertiary/aromatic N) is 1. The van der Waals surface area contributed by atoms with Crippen molar-refractivity contribution in [2.75, 3.05) is 0 Å². The van der Waals surface area contributed by atoms with E-state index in [1.54, 1.807) is 0 Å². The molecule has 1 aromatic heterocycles. The van der Waals surface area contributed by atoms with Crippen LogP contribution in [0.15, 0.2) is 65.2 Å². The van der Waals surface area contributed by atoms with Crippen molar-refractivity contribution >= 4 is 10.8 Å². The maximum atomic E-state index is 13.5. The normalized spacial score (nSPS) is 11.2. The van der Waals surface area contributed by atoms with Crippen molar-refractivity contribution in [3.05, 3.63) is 77.9 Å². The third kappa shape index (κ3) is 2.79. The lowest BCUT2D eigenvalue weighted by Gasteiger charge is -2.04. The van der Waals surface area contributed by atoms with Gasteiger partial charge in [-0.3, -0.25) is 0 Å². The van der Waals surface area contributed by atoms with E-state index in [-0.39, 0.29) is 17.9 Å². The van der Waals surface area contributed by atoms with Crippen LogP contribution in [-0.2, 0) is 6.61 Å². The minimum absolute atomic E-state index is 0.157. The van der Waals surface area contributed by atoms with Crippen LogP contribution in [0.1, 0.15) is 5.56 Å². The first-order valence-corrected chi connectivity index (χ1v) is 7.71. The Morgan fingerprint density at radius 1 is 0.840 bits per heavy atom. The van der Waals surface area contributed by atoms with Crippen molar-refractivity contribution in [2.45, 2.75) is 6.61 Å². The average molecular weight is 337 g/mol. The number of rotatable bonds is 3. The van der Waals surface area contributed by atoms with Crippen molar-refractivity contribution in [1.82, 2.24) is 5.16 Å². The topological polar surface area (TPSA) is 46.3 Å². The van der Waals surface area contributed by atoms with Gasteiger partial charge in [0.2, 0.25) is 0 Å². The van der Waals surface area contributed by atoms with Gasteiger partial charge in [0, 0.05) is 17.2 Å². The van der Waals surface area contributed by atoms with Gasteiger partial charge in [-0.1, -0.05) is 41.6 Å². The van der Waals surface area contributed by atoms with E-state index >= 15 is 0 Å². The SMILES string of the molecule is OCc1c(-c2ccc3ccccc3c2)noc1-c1cc(F)cc(F)c1. The van der Waals surface area contributed by atoms with E-state index in [2.05, 4.69) is 5.16 Å². The molecule has 0 unspecified atom stereocenters. The maximum Gasteiger partial charge on any atom is 0.173 e. The third-order valence-electron chi connectivity index (χ3n) is 4.09. The molecule has 3 aromatic carbocycles. The van der Waals surface area contributed by atoms with Crippen molar-refractivity contribution < 1.29 is 18.4 Å². The van der Waals surface area contributed by atoms with Gasteiger partial charge in [-0.05, 0) is 29.0 Å². The molecule has 0 atom stereocenters. The molecule has 124 valence electrons. The van der Waals surface area contributed by atoms with Gasteiger partial charge in [-0.25, -0.2) is 8.78 Å². The van der Waals surface area contributed by atoms with Crippen LogP contribution in [0, 0.1) is 11.6 Å². The molecule has 3 nitrogen and oxygen atoms in total. The second-order valence-electron chi connectivity index (χ2n) is 5.72. The fourth-order valence-corrected chi connectivity index (χ4v) is 2.93. The molecule has 1 heterocycles. The zero-order chi connectivity index (χ0) is 17.4. The van der Waals surface area contributed by atoms with E-state index in [4.69, 9.17) is 4.52 Å². The number of benzene rings is 3. The standard InChI is InChI=1S/C20H13F2NO2/c21-16-8-15(9-17(22)10-16)20-18(11-24)19(23-25-20)14-6-5-12-3-1-2-4-13(12)7-14/h1-10,24H,11H2. The monoisotopic (exact) mass is 337 g/mol. The van der Waals surface area contributed by atoms with Gasteiger partial charge in [0.25, 0.3) is 0 Å². The van der Waals surface area contributed by atoms with Gasteiger partial charge in [0.1, 0.15) is 17.3 Å². The molecule has 0 amide bonds. The van der Waals surface area contributed by atoms with Crippen LogP contribution < -0.4 is 0 Å². The van der Waals surface area contributed by atoms with Crippen LogP contribution in [0.2, 0.25) is 0 Å². The summed E-state index contributed by atoms with van der Waals surface area (Å²) in [7, 11) is 0. The van der Waals surface area contributed by atoms with E-state index in [1.807, 2.05) is 42.5 Å². The number of fused-ring (bicyclic) bond motifs is 1. The fraction of sp³-hybridized carbons (Fsp3) is 0.0500. The van der Waals surface area contributed by atoms with E-state index in [9.17, 15) is 13.9 Å². The number of aromatic nitrogens is 1. The summed E-state index contributed by atoms with van der Waals surface area (Å²) in [5, 5.41) is 15.9. The zero-order valence-corrected chi connectivity index (χ0v) is 13.0. The summed E-state index contributed by atoms with van der Waals surface area (Å²) in [4.78, 5) is 0. The van der Waals surface area contributed by atoms with Crippen molar-refractivity contribution in [3.8, 4) is 22.6 Å². The highest BCUT2D eigenvalue weighted by molar-refractivity contribution is 5.87. The quantitative estimate of drug-likeness (QED) is 0.576. The molecule has 1 N–H and O–H groups in total. The van der Waals surface area contributed by atoms with E-state index in [0.29, 0.717) is 11.3 Å². The Balaban J connectivity index is 1.86. The molecular formula is C20H13F2NO2. The number of hydrogen-bond donors (Lipinski definition) is 1. The van der Waals surface area contributed by atoms with Gasteiger partial charge in [0.05, 0.1) is 12.2 Å². The minimum Gasteiger partial charge on any atom is -0.391 e. The molecule has 0 radical (unpaired) electrons. The van der Waals surface area contributed by atoms with Gasteiger partial charge < -0.3 is 9.63 Å². The molecule has 0 aliphatic rings. The van der Waals surface area contributed by atoms with Crippen LogP contribution in [0.25, 0.3) is 33.4 Å². The van der Waals surface area contributed by atoms with Gasteiger partial charge >= 0.3 is 0 Å². The first-order chi connectivity index (χ1) is 12.2. The highest BCUT2D eigenvalue weighted by atomic mass is 19.1. The van der Waals surface area contributed by atoms with E-state index < -0.39 is 11.6 Å². The first-order valence-electron chi connectivity index (χ1n) is 7.71. The summed E-state index contributed by atoms with van der Waals surface area (Å²) >= 11 is 0. The summed E-state index contributed by atoms with van der Waals surface area (Å²) in [5.74, 6) is -1.28. The summed E-state index contributed by atoms with van der Waals surface area (Å²) in [6, 6.07) is 16.7. The molecule has 5 heteroatoms. The van der Waals surface area contributed by atoms with Crippen LogP contribution in [0.3, 0.4) is 0 Å². The first kappa shape index (κ1) is 15.5.